The lowest BCUT2D eigenvalue weighted by Crippen LogP contribution is -2.30. The third-order valence-corrected chi connectivity index (χ3v) is 2.95. The first kappa shape index (κ1) is 12.4. The molecule has 2 nitrogen and oxygen atoms in total. The number of benzene rings is 2. The van der Waals surface area contributed by atoms with Crippen LogP contribution in [0.4, 0.5) is 5.69 Å². The number of nitrogens with zero attached hydrogens (tertiary/aromatic N) is 1. The van der Waals surface area contributed by atoms with E-state index < -0.39 is 0 Å². The van der Waals surface area contributed by atoms with E-state index in [1.165, 1.54) is 5.56 Å². The molecule has 0 saturated carbocycles. The summed E-state index contributed by atoms with van der Waals surface area (Å²) >= 11 is 0. The van der Waals surface area contributed by atoms with E-state index in [4.69, 9.17) is 5.41 Å². The molecule has 0 aliphatic heterocycles. The Balaban J connectivity index is 2.32. The van der Waals surface area contributed by atoms with Crippen LogP contribution in [-0.2, 0) is 0 Å². The van der Waals surface area contributed by atoms with E-state index in [2.05, 4.69) is 26.0 Å². The number of hydrogen-bond donors (Lipinski definition) is 1. The Morgan fingerprint density at radius 2 is 1.78 bits per heavy atom. The highest BCUT2D eigenvalue weighted by Crippen LogP contribution is 2.18. The number of aryl methyl sites for hydroxylation is 1. The highest BCUT2D eigenvalue weighted by Gasteiger charge is 2.11. The minimum Gasteiger partial charge on any atom is -0.327 e. The third-order valence-electron chi connectivity index (χ3n) is 2.95. The minimum absolute atomic E-state index is 0.545. The molecule has 18 heavy (non-hydrogen) atoms. The van der Waals surface area contributed by atoms with Crippen LogP contribution in [-0.4, -0.2) is 12.4 Å². The average Bonchev–Trinajstić information content (AvgIpc) is 2.40. The van der Waals surface area contributed by atoms with Gasteiger partial charge in [-0.2, -0.15) is 0 Å². The van der Waals surface area contributed by atoms with Gasteiger partial charge in [0.25, 0.3) is 0 Å². The average molecular weight is 238 g/mol. The van der Waals surface area contributed by atoms with E-state index in [9.17, 15) is 0 Å². The summed E-state index contributed by atoms with van der Waals surface area (Å²) in [6.07, 6.45) is 0. The molecule has 0 unspecified atom stereocenters. The van der Waals surface area contributed by atoms with Gasteiger partial charge in [0.2, 0.25) is 0 Å². The molecule has 0 aliphatic rings. The molecular formula is C16H18N2. The van der Waals surface area contributed by atoms with Gasteiger partial charge < -0.3 is 4.90 Å². The molecule has 0 bridgehead atoms. The van der Waals surface area contributed by atoms with Crippen molar-refractivity contribution in [3.63, 3.8) is 0 Å². The van der Waals surface area contributed by atoms with Crippen molar-refractivity contribution in [2.45, 2.75) is 13.8 Å². The maximum absolute atomic E-state index is 8.32. The predicted octanol–water partition coefficient (Wildman–Crippen LogP) is 3.85. The van der Waals surface area contributed by atoms with E-state index in [0.29, 0.717) is 5.84 Å². The van der Waals surface area contributed by atoms with Crippen molar-refractivity contribution in [3.8, 4) is 0 Å². The Labute approximate surface area is 108 Å². The molecule has 0 saturated heterocycles. The van der Waals surface area contributed by atoms with Crippen LogP contribution >= 0.6 is 0 Å². The molecule has 0 spiro atoms. The lowest BCUT2D eigenvalue weighted by atomic mass is 10.1. The summed E-state index contributed by atoms with van der Waals surface area (Å²) in [5.41, 5.74) is 3.24. The normalized spacial score (nSPS) is 10.1. The lowest BCUT2D eigenvalue weighted by Gasteiger charge is -2.24. The van der Waals surface area contributed by atoms with Crippen LogP contribution in [0.15, 0.2) is 54.6 Å². The summed E-state index contributed by atoms with van der Waals surface area (Å²) in [5, 5.41) is 8.32. The molecule has 0 heterocycles. The first-order valence-electron chi connectivity index (χ1n) is 6.20. The summed E-state index contributed by atoms with van der Waals surface area (Å²) in [6, 6.07) is 18.1. The van der Waals surface area contributed by atoms with Gasteiger partial charge in [-0.3, -0.25) is 5.41 Å². The van der Waals surface area contributed by atoms with Crippen molar-refractivity contribution in [1.82, 2.24) is 0 Å². The summed E-state index contributed by atoms with van der Waals surface area (Å²) in [4.78, 5) is 2.02. The molecule has 0 aromatic heterocycles. The Morgan fingerprint density at radius 3 is 2.39 bits per heavy atom. The summed E-state index contributed by atoms with van der Waals surface area (Å²) in [6.45, 7) is 4.93. The van der Waals surface area contributed by atoms with Crippen LogP contribution in [0.25, 0.3) is 0 Å². The largest absolute Gasteiger partial charge is 0.327 e. The zero-order valence-corrected chi connectivity index (χ0v) is 10.9. The van der Waals surface area contributed by atoms with Gasteiger partial charge in [0.15, 0.2) is 0 Å². The summed E-state index contributed by atoms with van der Waals surface area (Å²) < 4.78 is 0. The number of amidine groups is 1. The fourth-order valence-corrected chi connectivity index (χ4v) is 2.02. The fraction of sp³-hybridized carbons (Fsp3) is 0.188. The van der Waals surface area contributed by atoms with Gasteiger partial charge in [0, 0.05) is 17.8 Å². The SMILES string of the molecule is CCN(C(=N)c1ccccc1)c1cccc(C)c1. The van der Waals surface area contributed by atoms with Crippen molar-refractivity contribution in [3.05, 3.63) is 65.7 Å². The molecule has 0 atom stereocenters. The fourth-order valence-electron chi connectivity index (χ4n) is 2.02. The molecule has 2 heteroatoms. The van der Waals surface area contributed by atoms with Gasteiger partial charge in [0.05, 0.1) is 0 Å². The lowest BCUT2D eigenvalue weighted by molar-refractivity contribution is 1.04. The second-order valence-corrected chi connectivity index (χ2v) is 4.30. The van der Waals surface area contributed by atoms with Crippen LogP contribution < -0.4 is 4.90 Å². The van der Waals surface area contributed by atoms with Crippen molar-refractivity contribution in [2.24, 2.45) is 0 Å². The van der Waals surface area contributed by atoms with E-state index in [1.54, 1.807) is 0 Å². The Morgan fingerprint density at radius 1 is 1.06 bits per heavy atom. The first-order chi connectivity index (χ1) is 8.72. The van der Waals surface area contributed by atoms with E-state index in [1.807, 2.05) is 47.4 Å². The Kier molecular flexibility index (Phi) is 3.78. The molecule has 2 aromatic carbocycles. The molecule has 0 aliphatic carbocycles. The topological polar surface area (TPSA) is 27.1 Å². The molecular weight excluding hydrogens is 220 g/mol. The van der Waals surface area contributed by atoms with Gasteiger partial charge >= 0.3 is 0 Å². The third kappa shape index (κ3) is 2.59. The second kappa shape index (κ2) is 5.50. The molecule has 0 fully saturated rings. The number of nitrogens with one attached hydrogen (secondary N) is 1. The van der Waals surface area contributed by atoms with Crippen molar-refractivity contribution in [1.29, 1.82) is 5.41 Å². The zero-order chi connectivity index (χ0) is 13.0. The Hall–Kier alpha value is -2.09. The first-order valence-corrected chi connectivity index (χ1v) is 6.20. The van der Waals surface area contributed by atoms with E-state index in [0.717, 1.165) is 17.8 Å². The second-order valence-electron chi connectivity index (χ2n) is 4.30. The van der Waals surface area contributed by atoms with Gasteiger partial charge in [-0.05, 0) is 31.5 Å². The monoisotopic (exact) mass is 238 g/mol. The highest BCUT2D eigenvalue weighted by atomic mass is 15.2. The van der Waals surface area contributed by atoms with Crippen LogP contribution in [0.5, 0.6) is 0 Å². The number of rotatable bonds is 3. The van der Waals surface area contributed by atoms with Crippen LogP contribution in [0.2, 0.25) is 0 Å². The number of hydrogen-bond acceptors (Lipinski definition) is 1. The van der Waals surface area contributed by atoms with Crippen LogP contribution in [0.1, 0.15) is 18.1 Å². The highest BCUT2D eigenvalue weighted by molar-refractivity contribution is 6.07. The van der Waals surface area contributed by atoms with Gasteiger partial charge in [-0.1, -0.05) is 42.5 Å². The molecule has 0 amide bonds. The summed E-state index contributed by atoms with van der Waals surface area (Å²) in [7, 11) is 0. The predicted molar refractivity (Wildman–Crippen MR) is 77.5 cm³/mol. The van der Waals surface area contributed by atoms with E-state index in [-0.39, 0.29) is 0 Å². The minimum atomic E-state index is 0.545. The van der Waals surface area contributed by atoms with Gasteiger partial charge in [0.1, 0.15) is 5.84 Å². The Bertz CT molecular complexity index is 532. The maximum Gasteiger partial charge on any atom is 0.132 e. The van der Waals surface area contributed by atoms with Crippen LogP contribution in [0, 0.1) is 12.3 Å². The van der Waals surface area contributed by atoms with Gasteiger partial charge in [-0.15, -0.1) is 0 Å². The number of anilines is 1. The van der Waals surface area contributed by atoms with E-state index >= 15 is 0 Å². The smallest absolute Gasteiger partial charge is 0.132 e. The van der Waals surface area contributed by atoms with Crippen molar-refractivity contribution >= 4 is 11.5 Å². The van der Waals surface area contributed by atoms with Crippen molar-refractivity contribution in [2.75, 3.05) is 11.4 Å². The van der Waals surface area contributed by atoms with Gasteiger partial charge in [-0.25, -0.2) is 0 Å². The molecule has 2 aromatic rings. The van der Waals surface area contributed by atoms with Crippen molar-refractivity contribution < 1.29 is 0 Å². The molecule has 2 rings (SSSR count). The molecule has 92 valence electrons. The quantitative estimate of drug-likeness (QED) is 0.638. The standard InChI is InChI=1S/C16H18N2/c1-3-18(15-11-7-8-13(2)12-15)16(17)14-9-5-4-6-10-14/h4-12,17H,3H2,1-2H3. The van der Waals surface area contributed by atoms with Crippen LogP contribution in [0.3, 0.4) is 0 Å². The molecule has 1 N–H and O–H groups in total. The maximum atomic E-state index is 8.32. The summed E-state index contributed by atoms with van der Waals surface area (Å²) in [5.74, 6) is 0.545. The zero-order valence-electron chi connectivity index (χ0n) is 10.9. The molecule has 0 radical (unpaired) electrons.